The molecule has 0 bridgehead atoms. The summed E-state index contributed by atoms with van der Waals surface area (Å²) in [6, 6.07) is 10.7. The van der Waals surface area contributed by atoms with Gasteiger partial charge < -0.3 is 11.1 Å². The summed E-state index contributed by atoms with van der Waals surface area (Å²) in [6.07, 6.45) is 0. The Hall–Kier alpha value is -2.56. The molecule has 0 aliphatic carbocycles. The standard InChI is InChI=1S/C14H15N3O2/c1-9-3-4-10(2)13(7-9)16-11-5-6-14(17(18)19)12(15)8-11/h3-8,16H,15H2,1-2H3. The van der Waals surface area contributed by atoms with Crippen molar-refractivity contribution >= 4 is 22.7 Å². The average Bonchev–Trinajstić information content (AvgIpc) is 2.33. The van der Waals surface area contributed by atoms with Crippen LogP contribution in [0, 0.1) is 24.0 Å². The molecule has 0 unspecified atom stereocenters. The summed E-state index contributed by atoms with van der Waals surface area (Å²) in [6.45, 7) is 4.01. The summed E-state index contributed by atoms with van der Waals surface area (Å²) >= 11 is 0. The van der Waals surface area contributed by atoms with Gasteiger partial charge in [-0.05, 0) is 43.2 Å². The number of hydrogen-bond acceptors (Lipinski definition) is 4. The van der Waals surface area contributed by atoms with Crippen molar-refractivity contribution < 1.29 is 4.92 Å². The summed E-state index contributed by atoms with van der Waals surface area (Å²) in [7, 11) is 0. The van der Waals surface area contributed by atoms with E-state index in [1.165, 1.54) is 6.07 Å². The highest BCUT2D eigenvalue weighted by Gasteiger charge is 2.11. The number of nitrogens with zero attached hydrogens (tertiary/aromatic N) is 1. The molecule has 0 aliphatic heterocycles. The van der Waals surface area contributed by atoms with Crippen LogP contribution in [-0.4, -0.2) is 4.92 Å². The number of rotatable bonds is 3. The van der Waals surface area contributed by atoms with Gasteiger partial charge in [-0.2, -0.15) is 0 Å². The highest BCUT2D eigenvalue weighted by Crippen LogP contribution is 2.28. The normalized spacial score (nSPS) is 10.2. The fraction of sp³-hybridized carbons (Fsp3) is 0.143. The van der Waals surface area contributed by atoms with Gasteiger partial charge in [0.25, 0.3) is 5.69 Å². The molecule has 2 rings (SSSR count). The van der Waals surface area contributed by atoms with Crippen molar-refractivity contribution in [1.82, 2.24) is 0 Å². The van der Waals surface area contributed by atoms with E-state index < -0.39 is 4.92 Å². The number of nitro benzene ring substituents is 1. The highest BCUT2D eigenvalue weighted by atomic mass is 16.6. The molecule has 0 aliphatic rings. The quantitative estimate of drug-likeness (QED) is 0.500. The molecule has 0 saturated carbocycles. The second kappa shape index (κ2) is 4.97. The van der Waals surface area contributed by atoms with E-state index in [0.717, 1.165) is 22.5 Å². The predicted octanol–water partition coefficient (Wildman–Crippen LogP) is 3.54. The van der Waals surface area contributed by atoms with Gasteiger partial charge in [0.1, 0.15) is 5.69 Å². The van der Waals surface area contributed by atoms with Gasteiger partial charge in [-0.25, -0.2) is 0 Å². The molecule has 0 heterocycles. The lowest BCUT2D eigenvalue weighted by atomic mass is 10.1. The topological polar surface area (TPSA) is 81.2 Å². The monoisotopic (exact) mass is 257 g/mol. The molecule has 0 amide bonds. The third-order valence-electron chi connectivity index (χ3n) is 2.90. The Bertz CT molecular complexity index is 639. The molecule has 5 nitrogen and oxygen atoms in total. The zero-order chi connectivity index (χ0) is 14.0. The highest BCUT2D eigenvalue weighted by molar-refractivity contribution is 5.71. The van der Waals surface area contributed by atoms with E-state index in [9.17, 15) is 10.1 Å². The summed E-state index contributed by atoms with van der Waals surface area (Å²) < 4.78 is 0. The minimum absolute atomic E-state index is 0.0773. The Morgan fingerprint density at radius 1 is 1.16 bits per heavy atom. The fourth-order valence-corrected chi connectivity index (χ4v) is 1.82. The van der Waals surface area contributed by atoms with E-state index in [1.807, 2.05) is 32.0 Å². The minimum Gasteiger partial charge on any atom is -0.393 e. The van der Waals surface area contributed by atoms with E-state index in [2.05, 4.69) is 5.32 Å². The minimum atomic E-state index is -0.489. The van der Waals surface area contributed by atoms with Crippen LogP contribution >= 0.6 is 0 Å². The van der Waals surface area contributed by atoms with Crippen molar-refractivity contribution in [3.63, 3.8) is 0 Å². The Kier molecular flexibility index (Phi) is 3.37. The van der Waals surface area contributed by atoms with Gasteiger partial charge in [0, 0.05) is 17.4 Å². The summed E-state index contributed by atoms with van der Waals surface area (Å²) in [4.78, 5) is 10.2. The number of nitro groups is 1. The SMILES string of the molecule is Cc1ccc(C)c(Nc2ccc([N+](=O)[O-])c(N)c2)c1. The Morgan fingerprint density at radius 2 is 1.89 bits per heavy atom. The van der Waals surface area contributed by atoms with E-state index in [1.54, 1.807) is 12.1 Å². The lowest BCUT2D eigenvalue weighted by molar-refractivity contribution is -0.383. The zero-order valence-corrected chi connectivity index (χ0v) is 10.8. The van der Waals surface area contributed by atoms with Gasteiger partial charge >= 0.3 is 0 Å². The molecule has 5 heteroatoms. The first kappa shape index (κ1) is 12.9. The number of anilines is 3. The maximum Gasteiger partial charge on any atom is 0.292 e. The first-order valence-corrected chi connectivity index (χ1v) is 5.85. The van der Waals surface area contributed by atoms with Gasteiger partial charge in [0.15, 0.2) is 0 Å². The molecule has 3 N–H and O–H groups in total. The van der Waals surface area contributed by atoms with Crippen molar-refractivity contribution in [3.05, 3.63) is 57.6 Å². The van der Waals surface area contributed by atoms with Crippen LogP contribution in [0.4, 0.5) is 22.7 Å². The molecule has 0 spiro atoms. The van der Waals surface area contributed by atoms with Gasteiger partial charge in [-0.15, -0.1) is 0 Å². The molecule has 0 fully saturated rings. The molecule has 2 aromatic rings. The van der Waals surface area contributed by atoms with Crippen molar-refractivity contribution in [2.75, 3.05) is 11.1 Å². The summed E-state index contributed by atoms with van der Waals surface area (Å²) in [5.74, 6) is 0. The van der Waals surface area contributed by atoms with Gasteiger partial charge in [0.2, 0.25) is 0 Å². The number of nitrogen functional groups attached to an aromatic ring is 1. The smallest absolute Gasteiger partial charge is 0.292 e. The number of aryl methyl sites for hydroxylation is 2. The van der Waals surface area contributed by atoms with Crippen molar-refractivity contribution in [2.24, 2.45) is 0 Å². The first-order valence-electron chi connectivity index (χ1n) is 5.85. The van der Waals surface area contributed by atoms with Crippen LogP contribution in [0.3, 0.4) is 0 Å². The molecule has 0 saturated heterocycles. The van der Waals surface area contributed by atoms with Crippen LogP contribution in [0.15, 0.2) is 36.4 Å². The number of hydrogen-bond donors (Lipinski definition) is 2. The Morgan fingerprint density at radius 3 is 2.53 bits per heavy atom. The van der Waals surface area contributed by atoms with E-state index in [-0.39, 0.29) is 11.4 Å². The lowest BCUT2D eigenvalue weighted by Crippen LogP contribution is -1.98. The zero-order valence-electron chi connectivity index (χ0n) is 10.8. The van der Waals surface area contributed by atoms with Gasteiger partial charge in [-0.3, -0.25) is 10.1 Å². The molecule has 98 valence electrons. The number of nitrogens with two attached hydrogens (primary N) is 1. The second-order valence-corrected chi connectivity index (χ2v) is 4.47. The molecular formula is C14H15N3O2. The van der Waals surface area contributed by atoms with Crippen LogP contribution < -0.4 is 11.1 Å². The lowest BCUT2D eigenvalue weighted by Gasteiger charge is -2.11. The van der Waals surface area contributed by atoms with Gasteiger partial charge in [0.05, 0.1) is 4.92 Å². The summed E-state index contributed by atoms with van der Waals surface area (Å²) in [5.41, 5.74) is 9.68. The first-order chi connectivity index (χ1) is 8.97. The molecule has 0 aromatic heterocycles. The molecule has 0 atom stereocenters. The van der Waals surface area contributed by atoms with Crippen LogP contribution in [-0.2, 0) is 0 Å². The molecular weight excluding hydrogens is 242 g/mol. The van der Waals surface area contributed by atoms with Crippen LogP contribution in [0.2, 0.25) is 0 Å². The largest absolute Gasteiger partial charge is 0.393 e. The molecule has 19 heavy (non-hydrogen) atoms. The Balaban J connectivity index is 2.31. The Labute approximate surface area is 111 Å². The van der Waals surface area contributed by atoms with Crippen LogP contribution in [0.5, 0.6) is 0 Å². The maximum absolute atomic E-state index is 10.7. The third kappa shape index (κ3) is 2.82. The second-order valence-electron chi connectivity index (χ2n) is 4.47. The number of benzene rings is 2. The van der Waals surface area contributed by atoms with E-state index in [0.29, 0.717) is 0 Å². The molecule has 0 radical (unpaired) electrons. The fourth-order valence-electron chi connectivity index (χ4n) is 1.82. The van der Waals surface area contributed by atoms with Crippen molar-refractivity contribution in [1.29, 1.82) is 0 Å². The predicted molar refractivity (Wildman–Crippen MR) is 76.7 cm³/mol. The van der Waals surface area contributed by atoms with E-state index >= 15 is 0 Å². The average molecular weight is 257 g/mol. The third-order valence-corrected chi connectivity index (χ3v) is 2.90. The van der Waals surface area contributed by atoms with Crippen molar-refractivity contribution in [2.45, 2.75) is 13.8 Å². The number of nitrogens with one attached hydrogen (secondary N) is 1. The van der Waals surface area contributed by atoms with Crippen molar-refractivity contribution in [3.8, 4) is 0 Å². The maximum atomic E-state index is 10.7. The van der Waals surface area contributed by atoms with E-state index in [4.69, 9.17) is 5.73 Å². The summed E-state index contributed by atoms with van der Waals surface area (Å²) in [5, 5.41) is 13.9. The van der Waals surface area contributed by atoms with Gasteiger partial charge in [-0.1, -0.05) is 12.1 Å². The van der Waals surface area contributed by atoms with Crippen LogP contribution in [0.1, 0.15) is 11.1 Å². The molecule has 2 aromatic carbocycles. The van der Waals surface area contributed by atoms with Crippen LogP contribution in [0.25, 0.3) is 0 Å².